The monoisotopic (exact) mass is 328 g/mol. The van der Waals surface area contributed by atoms with Crippen LogP contribution >= 0.6 is 0 Å². The summed E-state index contributed by atoms with van der Waals surface area (Å²) in [6.45, 7) is 2.30. The van der Waals surface area contributed by atoms with Crippen LogP contribution in [0, 0.1) is 6.92 Å². The summed E-state index contributed by atoms with van der Waals surface area (Å²) in [5.41, 5.74) is 2.32. The van der Waals surface area contributed by atoms with Crippen LogP contribution < -0.4 is 10.1 Å². The van der Waals surface area contributed by atoms with Gasteiger partial charge in [0.05, 0.1) is 5.69 Å². The molecular formula is C18H24N4O2. The summed E-state index contributed by atoms with van der Waals surface area (Å²) in [5.74, 6) is 0.528. The van der Waals surface area contributed by atoms with Gasteiger partial charge in [0.2, 0.25) is 5.88 Å². The van der Waals surface area contributed by atoms with Crippen LogP contribution in [-0.2, 0) is 13.6 Å². The lowest BCUT2D eigenvalue weighted by atomic mass is 9.98. The predicted molar refractivity (Wildman–Crippen MR) is 90.9 cm³/mol. The smallest absolute Gasteiger partial charge is 0.269 e. The minimum absolute atomic E-state index is 0.138. The van der Waals surface area contributed by atoms with Gasteiger partial charge in [0.1, 0.15) is 11.8 Å². The van der Waals surface area contributed by atoms with Crippen LogP contribution in [0.3, 0.4) is 0 Å². The van der Waals surface area contributed by atoms with Crippen LogP contribution in [0.4, 0.5) is 0 Å². The van der Waals surface area contributed by atoms with Crippen molar-refractivity contribution >= 4 is 5.91 Å². The summed E-state index contributed by atoms with van der Waals surface area (Å²) in [7, 11) is 1.76. The van der Waals surface area contributed by atoms with Gasteiger partial charge < -0.3 is 10.1 Å². The van der Waals surface area contributed by atoms with E-state index in [1.54, 1.807) is 24.0 Å². The quantitative estimate of drug-likeness (QED) is 0.916. The van der Waals surface area contributed by atoms with Crippen molar-refractivity contribution in [3.05, 3.63) is 41.3 Å². The Morgan fingerprint density at radius 3 is 2.75 bits per heavy atom. The molecule has 2 heterocycles. The van der Waals surface area contributed by atoms with Crippen molar-refractivity contribution in [2.45, 2.75) is 51.7 Å². The molecule has 1 amide bonds. The van der Waals surface area contributed by atoms with Crippen LogP contribution in [0.15, 0.2) is 24.4 Å². The van der Waals surface area contributed by atoms with Gasteiger partial charge in [0.25, 0.3) is 5.91 Å². The second-order valence-corrected chi connectivity index (χ2v) is 6.36. The van der Waals surface area contributed by atoms with E-state index < -0.39 is 0 Å². The van der Waals surface area contributed by atoms with Crippen molar-refractivity contribution in [1.82, 2.24) is 20.1 Å². The van der Waals surface area contributed by atoms with Gasteiger partial charge in [-0.2, -0.15) is 5.10 Å². The Bertz CT molecular complexity index is 688. The number of aryl methyl sites for hydroxylation is 2. The third kappa shape index (κ3) is 4.13. The molecule has 2 aromatic rings. The molecule has 3 rings (SSSR count). The van der Waals surface area contributed by atoms with Crippen molar-refractivity contribution in [3.63, 3.8) is 0 Å². The fourth-order valence-corrected chi connectivity index (χ4v) is 3.03. The van der Waals surface area contributed by atoms with E-state index >= 15 is 0 Å². The van der Waals surface area contributed by atoms with Crippen molar-refractivity contribution in [1.29, 1.82) is 0 Å². The lowest BCUT2D eigenvalue weighted by molar-refractivity contribution is 0.0941. The topological polar surface area (TPSA) is 69.0 Å². The number of rotatable bonds is 5. The molecule has 0 spiro atoms. The molecule has 1 aliphatic rings. The van der Waals surface area contributed by atoms with E-state index in [9.17, 15) is 4.79 Å². The molecule has 6 heteroatoms. The Morgan fingerprint density at radius 1 is 1.33 bits per heavy atom. The number of nitrogens with one attached hydrogen (secondary N) is 1. The number of amides is 1. The van der Waals surface area contributed by atoms with Gasteiger partial charge in [0.15, 0.2) is 0 Å². The summed E-state index contributed by atoms with van der Waals surface area (Å²) >= 11 is 0. The van der Waals surface area contributed by atoms with Gasteiger partial charge in [-0.3, -0.25) is 9.48 Å². The molecule has 0 saturated heterocycles. The molecule has 2 aromatic heterocycles. The van der Waals surface area contributed by atoms with E-state index in [-0.39, 0.29) is 5.91 Å². The van der Waals surface area contributed by atoms with Crippen LogP contribution in [0.1, 0.15) is 53.8 Å². The van der Waals surface area contributed by atoms with Crippen LogP contribution in [0.25, 0.3) is 0 Å². The van der Waals surface area contributed by atoms with Gasteiger partial charge >= 0.3 is 0 Å². The minimum Gasteiger partial charge on any atom is -0.474 e. The fraction of sp³-hybridized carbons (Fsp3) is 0.500. The summed E-state index contributed by atoms with van der Waals surface area (Å²) in [4.78, 5) is 16.5. The number of pyridine rings is 1. The normalized spacial score (nSPS) is 15.2. The molecule has 6 nitrogen and oxygen atoms in total. The highest BCUT2D eigenvalue weighted by Gasteiger charge is 2.15. The minimum atomic E-state index is -0.138. The molecule has 1 aliphatic carbocycles. The first-order valence-electron chi connectivity index (χ1n) is 8.52. The van der Waals surface area contributed by atoms with Gasteiger partial charge in [0, 0.05) is 25.9 Å². The SMILES string of the molecule is Cc1cc(C(=O)NCc2ccc(OC3CCCCC3)nc2)n(C)n1. The maximum Gasteiger partial charge on any atom is 0.269 e. The maximum absolute atomic E-state index is 12.2. The number of hydrogen-bond donors (Lipinski definition) is 1. The van der Waals surface area contributed by atoms with E-state index in [0.29, 0.717) is 24.2 Å². The van der Waals surface area contributed by atoms with Crippen molar-refractivity contribution < 1.29 is 9.53 Å². The fourth-order valence-electron chi connectivity index (χ4n) is 3.03. The van der Waals surface area contributed by atoms with E-state index in [2.05, 4.69) is 15.4 Å². The highest BCUT2D eigenvalue weighted by atomic mass is 16.5. The first-order chi connectivity index (χ1) is 11.6. The highest BCUT2D eigenvalue weighted by molar-refractivity contribution is 5.92. The van der Waals surface area contributed by atoms with Gasteiger partial charge in [-0.05, 0) is 44.2 Å². The second-order valence-electron chi connectivity index (χ2n) is 6.36. The van der Waals surface area contributed by atoms with Gasteiger partial charge in [-0.15, -0.1) is 0 Å². The largest absolute Gasteiger partial charge is 0.474 e. The Kier molecular flexibility index (Phi) is 5.13. The molecule has 24 heavy (non-hydrogen) atoms. The van der Waals surface area contributed by atoms with E-state index in [1.165, 1.54) is 19.3 Å². The third-order valence-corrected chi connectivity index (χ3v) is 4.32. The summed E-state index contributed by atoms with van der Waals surface area (Å²) < 4.78 is 7.50. The number of ether oxygens (including phenoxy) is 1. The summed E-state index contributed by atoms with van der Waals surface area (Å²) in [5, 5.41) is 7.07. The Labute approximate surface area is 142 Å². The zero-order valence-corrected chi connectivity index (χ0v) is 14.3. The third-order valence-electron chi connectivity index (χ3n) is 4.32. The first-order valence-corrected chi connectivity index (χ1v) is 8.52. The van der Waals surface area contributed by atoms with Crippen molar-refractivity contribution in [2.75, 3.05) is 0 Å². The lowest BCUT2D eigenvalue weighted by Gasteiger charge is -2.22. The molecular weight excluding hydrogens is 304 g/mol. The van der Waals surface area contributed by atoms with Crippen LogP contribution in [0.5, 0.6) is 5.88 Å². The average molecular weight is 328 g/mol. The van der Waals surface area contributed by atoms with Crippen LogP contribution in [-0.4, -0.2) is 26.8 Å². The predicted octanol–water partition coefficient (Wildman–Crippen LogP) is 2.77. The number of hydrogen-bond acceptors (Lipinski definition) is 4. The standard InChI is InChI=1S/C18H24N4O2/c1-13-10-16(22(2)21-13)18(23)20-12-14-8-9-17(19-11-14)24-15-6-4-3-5-7-15/h8-11,15H,3-7,12H2,1-2H3,(H,20,23). The van der Waals surface area contributed by atoms with E-state index in [1.807, 2.05) is 19.1 Å². The molecule has 0 unspecified atom stereocenters. The molecule has 128 valence electrons. The Morgan fingerprint density at radius 2 is 2.12 bits per heavy atom. The summed E-state index contributed by atoms with van der Waals surface area (Å²) in [6.07, 6.45) is 8.07. The summed E-state index contributed by atoms with van der Waals surface area (Å²) in [6, 6.07) is 5.60. The van der Waals surface area contributed by atoms with Crippen molar-refractivity contribution in [3.8, 4) is 5.88 Å². The van der Waals surface area contributed by atoms with Gasteiger partial charge in [-0.25, -0.2) is 4.98 Å². The zero-order valence-electron chi connectivity index (χ0n) is 14.3. The number of carbonyl (C=O) groups excluding carboxylic acids is 1. The molecule has 1 fully saturated rings. The molecule has 0 atom stereocenters. The number of nitrogens with zero attached hydrogens (tertiary/aromatic N) is 3. The van der Waals surface area contributed by atoms with Gasteiger partial charge in [-0.1, -0.05) is 12.5 Å². The zero-order chi connectivity index (χ0) is 16.9. The molecule has 0 bridgehead atoms. The van der Waals surface area contributed by atoms with Crippen LogP contribution in [0.2, 0.25) is 0 Å². The molecule has 0 aliphatic heterocycles. The van der Waals surface area contributed by atoms with E-state index in [0.717, 1.165) is 24.1 Å². The average Bonchev–Trinajstić information content (AvgIpc) is 2.93. The first kappa shape index (κ1) is 16.5. The van der Waals surface area contributed by atoms with E-state index in [4.69, 9.17) is 4.74 Å². The van der Waals surface area contributed by atoms with Crippen molar-refractivity contribution in [2.24, 2.45) is 7.05 Å². The second kappa shape index (κ2) is 7.47. The molecule has 1 N–H and O–H groups in total. The molecule has 0 radical (unpaired) electrons. The number of aromatic nitrogens is 3. The number of carbonyl (C=O) groups is 1. The molecule has 0 aromatic carbocycles. The molecule has 1 saturated carbocycles. The lowest BCUT2D eigenvalue weighted by Crippen LogP contribution is -2.25. The maximum atomic E-state index is 12.2. The Balaban J connectivity index is 1.52. The Hall–Kier alpha value is -2.37. The highest BCUT2D eigenvalue weighted by Crippen LogP contribution is 2.22.